The standard InChI is InChI=1S/C19H19N3O3S/c23-17-18(24)22(19(25)21(17)12-14-6-2-1-3-7-14)13-20-10-4-8-15(20)16-9-5-11-26-16/h1-3,5-7,9,11,15H,4,8,10,12-13H2. The Kier molecular flexibility index (Phi) is 4.57. The van der Waals surface area contributed by atoms with Crippen molar-refractivity contribution in [3.05, 3.63) is 58.3 Å². The summed E-state index contributed by atoms with van der Waals surface area (Å²) in [6.07, 6.45) is 2.01. The van der Waals surface area contributed by atoms with Crippen molar-refractivity contribution in [1.29, 1.82) is 0 Å². The van der Waals surface area contributed by atoms with Crippen LogP contribution in [0, 0.1) is 0 Å². The Labute approximate surface area is 155 Å². The quantitative estimate of drug-likeness (QED) is 0.601. The molecule has 1 unspecified atom stereocenters. The van der Waals surface area contributed by atoms with Crippen LogP contribution in [-0.4, -0.2) is 45.8 Å². The maximum Gasteiger partial charge on any atom is 0.335 e. The smallest absolute Gasteiger partial charge is 0.278 e. The summed E-state index contributed by atoms with van der Waals surface area (Å²) >= 11 is 1.68. The second kappa shape index (κ2) is 7.01. The minimum atomic E-state index is -0.745. The number of carbonyl (C=O) groups is 3. The molecule has 7 heteroatoms. The number of benzene rings is 1. The first-order chi connectivity index (χ1) is 12.6. The normalized spacial score (nSPS) is 21.2. The van der Waals surface area contributed by atoms with Gasteiger partial charge in [-0.15, -0.1) is 11.3 Å². The first kappa shape index (κ1) is 16.9. The first-order valence-corrected chi connectivity index (χ1v) is 9.52. The number of likely N-dealkylation sites (tertiary alicyclic amines) is 1. The van der Waals surface area contributed by atoms with Crippen LogP contribution in [0.5, 0.6) is 0 Å². The topological polar surface area (TPSA) is 60.9 Å². The summed E-state index contributed by atoms with van der Waals surface area (Å²) in [6, 6.07) is 13.0. The van der Waals surface area contributed by atoms with Gasteiger partial charge < -0.3 is 0 Å². The highest BCUT2D eigenvalue weighted by Crippen LogP contribution is 2.35. The summed E-state index contributed by atoms with van der Waals surface area (Å²) in [4.78, 5) is 42.9. The van der Waals surface area contributed by atoms with E-state index in [0.29, 0.717) is 0 Å². The van der Waals surface area contributed by atoms with E-state index < -0.39 is 17.8 Å². The number of nitrogens with zero attached hydrogens (tertiary/aromatic N) is 3. The number of hydrogen-bond acceptors (Lipinski definition) is 5. The third-order valence-corrected chi connectivity index (χ3v) is 5.85. The van der Waals surface area contributed by atoms with E-state index in [1.807, 2.05) is 41.8 Å². The lowest BCUT2D eigenvalue weighted by Crippen LogP contribution is -2.41. The summed E-state index contributed by atoms with van der Waals surface area (Å²) in [6.45, 7) is 1.10. The van der Waals surface area contributed by atoms with Gasteiger partial charge in [0.05, 0.1) is 13.2 Å². The Hall–Kier alpha value is -2.51. The molecule has 0 saturated carbocycles. The van der Waals surface area contributed by atoms with Gasteiger partial charge in [-0.1, -0.05) is 36.4 Å². The predicted octanol–water partition coefficient (Wildman–Crippen LogP) is 2.83. The molecule has 0 bridgehead atoms. The summed E-state index contributed by atoms with van der Waals surface area (Å²) in [5, 5.41) is 2.03. The molecule has 1 atom stereocenters. The van der Waals surface area contributed by atoms with Gasteiger partial charge in [0.25, 0.3) is 0 Å². The molecule has 2 fully saturated rings. The van der Waals surface area contributed by atoms with E-state index in [4.69, 9.17) is 0 Å². The Balaban J connectivity index is 1.49. The van der Waals surface area contributed by atoms with Crippen LogP contribution in [0.2, 0.25) is 0 Å². The van der Waals surface area contributed by atoms with Crippen LogP contribution < -0.4 is 0 Å². The molecule has 2 aromatic rings. The molecule has 134 valence electrons. The van der Waals surface area contributed by atoms with Crippen molar-refractivity contribution in [3.8, 4) is 0 Å². The molecule has 4 amide bonds. The minimum Gasteiger partial charge on any atom is -0.278 e. The van der Waals surface area contributed by atoms with Crippen molar-refractivity contribution in [2.75, 3.05) is 13.2 Å². The maximum absolute atomic E-state index is 12.7. The van der Waals surface area contributed by atoms with E-state index >= 15 is 0 Å². The monoisotopic (exact) mass is 369 g/mol. The lowest BCUT2D eigenvalue weighted by Gasteiger charge is -2.27. The lowest BCUT2D eigenvalue weighted by atomic mass is 10.2. The highest BCUT2D eigenvalue weighted by Gasteiger charge is 2.45. The number of imide groups is 2. The number of hydrogen-bond donors (Lipinski definition) is 0. The molecule has 4 rings (SSSR count). The first-order valence-electron chi connectivity index (χ1n) is 8.64. The number of rotatable bonds is 5. The lowest BCUT2D eigenvalue weighted by molar-refractivity contribution is -0.144. The molecule has 2 aliphatic rings. The van der Waals surface area contributed by atoms with E-state index in [9.17, 15) is 14.4 Å². The molecule has 26 heavy (non-hydrogen) atoms. The summed E-state index contributed by atoms with van der Waals surface area (Å²) < 4.78 is 0. The van der Waals surface area contributed by atoms with Crippen molar-refractivity contribution in [2.45, 2.75) is 25.4 Å². The highest BCUT2D eigenvalue weighted by molar-refractivity contribution is 7.10. The fraction of sp³-hybridized carbons (Fsp3) is 0.316. The van der Waals surface area contributed by atoms with Gasteiger partial charge in [-0.05, 0) is 29.9 Å². The van der Waals surface area contributed by atoms with Crippen molar-refractivity contribution < 1.29 is 14.4 Å². The second-order valence-electron chi connectivity index (χ2n) is 6.52. The molecule has 0 radical (unpaired) electrons. The van der Waals surface area contributed by atoms with Crippen LogP contribution in [0.1, 0.15) is 29.3 Å². The van der Waals surface area contributed by atoms with Gasteiger partial charge in [0.2, 0.25) is 0 Å². The number of urea groups is 1. The summed E-state index contributed by atoms with van der Waals surface area (Å²) in [5.41, 5.74) is 0.821. The number of thiophene rings is 1. The fourth-order valence-electron chi connectivity index (χ4n) is 3.56. The molecule has 1 aromatic heterocycles. The van der Waals surface area contributed by atoms with Crippen molar-refractivity contribution >= 4 is 29.2 Å². The van der Waals surface area contributed by atoms with E-state index in [2.05, 4.69) is 11.0 Å². The van der Waals surface area contributed by atoms with Crippen LogP contribution in [0.4, 0.5) is 4.79 Å². The van der Waals surface area contributed by atoms with Gasteiger partial charge in [0.15, 0.2) is 0 Å². The maximum atomic E-state index is 12.7. The van der Waals surface area contributed by atoms with E-state index in [-0.39, 0.29) is 19.3 Å². The Morgan fingerprint density at radius 2 is 1.73 bits per heavy atom. The van der Waals surface area contributed by atoms with Gasteiger partial charge in [0, 0.05) is 17.5 Å². The van der Waals surface area contributed by atoms with Gasteiger partial charge in [0.1, 0.15) is 0 Å². The van der Waals surface area contributed by atoms with Crippen LogP contribution >= 0.6 is 11.3 Å². The Morgan fingerprint density at radius 3 is 2.46 bits per heavy atom. The number of amides is 4. The molecular formula is C19H19N3O3S. The SMILES string of the molecule is O=C1C(=O)N(CN2CCCC2c2cccs2)C(=O)N1Cc1ccccc1. The molecule has 2 aliphatic heterocycles. The largest absolute Gasteiger partial charge is 0.335 e. The molecule has 3 heterocycles. The zero-order valence-corrected chi connectivity index (χ0v) is 15.0. The summed E-state index contributed by atoms with van der Waals surface area (Å²) in [7, 11) is 0. The van der Waals surface area contributed by atoms with Crippen LogP contribution in [0.15, 0.2) is 47.8 Å². The van der Waals surface area contributed by atoms with Crippen molar-refractivity contribution in [3.63, 3.8) is 0 Å². The van der Waals surface area contributed by atoms with E-state index in [1.165, 1.54) is 4.88 Å². The Bertz CT molecular complexity index is 822. The van der Waals surface area contributed by atoms with E-state index in [1.54, 1.807) is 11.3 Å². The molecule has 0 N–H and O–H groups in total. The molecule has 6 nitrogen and oxygen atoms in total. The van der Waals surface area contributed by atoms with Crippen LogP contribution in [0.25, 0.3) is 0 Å². The highest BCUT2D eigenvalue weighted by atomic mass is 32.1. The van der Waals surface area contributed by atoms with Gasteiger partial charge in [-0.2, -0.15) is 0 Å². The van der Waals surface area contributed by atoms with Crippen molar-refractivity contribution in [1.82, 2.24) is 14.7 Å². The van der Waals surface area contributed by atoms with Crippen LogP contribution in [-0.2, 0) is 16.1 Å². The Morgan fingerprint density at radius 1 is 0.962 bits per heavy atom. The molecule has 2 saturated heterocycles. The third kappa shape index (κ3) is 3.04. The van der Waals surface area contributed by atoms with Crippen LogP contribution in [0.3, 0.4) is 0 Å². The summed E-state index contributed by atoms with van der Waals surface area (Å²) in [5.74, 6) is -1.48. The molecule has 1 aromatic carbocycles. The second-order valence-corrected chi connectivity index (χ2v) is 7.50. The number of carbonyl (C=O) groups excluding carboxylic acids is 3. The van der Waals surface area contributed by atoms with Gasteiger partial charge in [-0.25, -0.2) is 9.69 Å². The average molecular weight is 369 g/mol. The zero-order chi connectivity index (χ0) is 18.1. The van der Waals surface area contributed by atoms with E-state index in [0.717, 1.165) is 34.7 Å². The molecule has 0 spiro atoms. The van der Waals surface area contributed by atoms with Crippen molar-refractivity contribution in [2.24, 2.45) is 0 Å². The third-order valence-electron chi connectivity index (χ3n) is 4.88. The molecule has 0 aliphatic carbocycles. The predicted molar refractivity (Wildman–Crippen MR) is 97.1 cm³/mol. The van der Waals surface area contributed by atoms with Gasteiger partial charge in [-0.3, -0.25) is 19.4 Å². The fourth-order valence-corrected chi connectivity index (χ4v) is 4.46. The zero-order valence-electron chi connectivity index (χ0n) is 14.2. The van der Waals surface area contributed by atoms with Gasteiger partial charge >= 0.3 is 17.8 Å². The average Bonchev–Trinajstić information content (AvgIpc) is 3.37. The molecular weight excluding hydrogens is 350 g/mol. The minimum absolute atomic E-state index is 0.120.